The van der Waals surface area contributed by atoms with Crippen molar-refractivity contribution in [2.75, 3.05) is 13.7 Å². The summed E-state index contributed by atoms with van der Waals surface area (Å²) in [5, 5.41) is 3.03. The molecule has 1 N–H and O–H groups in total. The van der Waals surface area contributed by atoms with Crippen molar-refractivity contribution in [3.05, 3.63) is 48.4 Å². The first-order valence-electron chi connectivity index (χ1n) is 7.22. The topological polar surface area (TPSA) is 51.5 Å². The Balaban J connectivity index is 1.77. The summed E-state index contributed by atoms with van der Waals surface area (Å²) in [5.41, 5.74) is 1.80. The molecule has 1 saturated carbocycles. The summed E-state index contributed by atoms with van der Waals surface area (Å²) >= 11 is 0. The molecule has 4 heteroatoms. The van der Waals surface area contributed by atoms with Crippen molar-refractivity contribution < 1.29 is 13.9 Å². The molecule has 1 aliphatic carbocycles. The Kier molecular flexibility index (Phi) is 4.06. The number of nitrogens with one attached hydrogen (secondary N) is 1. The van der Waals surface area contributed by atoms with Crippen LogP contribution in [0.15, 0.2) is 47.1 Å². The lowest BCUT2D eigenvalue weighted by Gasteiger charge is -2.16. The maximum atomic E-state index is 12.5. The third-order valence-corrected chi connectivity index (χ3v) is 3.81. The Labute approximate surface area is 124 Å². The van der Waals surface area contributed by atoms with Crippen molar-refractivity contribution in [3.8, 4) is 11.1 Å². The zero-order chi connectivity index (χ0) is 14.7. The quantitative estimate of drug-likeness (QED) is 0.887. The highest BCUT2D eigenvalue weighted by atomic mass is 16.5. The molecule has 1 aromatic carbocycles. The fraction of sp³-hybridized carbons (Fsp3) is 0.353. The van der Waals surface area contributed by atoms with Crippen LogP contribution in [0.1, 0.15) is 23.4 Å². The third kappa shape index (κ3) is 3.16. The molecule has 1 heterocycles. The second-order valence-electron chi connectivity index (χ2n) is 5.40. The van der Waals surface area contributed by atoms with Crippen LogP contribution in [0.5, 0.6) is 0 Å². The van der Waals surface area contributed by atoms with Crippen molar-refractivity contribution in [2.45, 2.75) is 18.9 Å². The fourth-order valence-corrected chi connectivity index (χ4v) is 2.54. The predicted molar refractivity (Wildman–Crippen MR) is 80.0 cm³/mol. The van der Waals surface area contributed by atoms with E-state index in [1.807, 2.05) is 36.4 Å². The van der Waals surface area contributed by atoms with Gasteiger partial charge in [0, 0.05) is 12.7 Å². The SMILES string of the molecule is COCC(NC(=O)c1occc1-c1ccccc1)C1CC1. The summed E-state index contributed by atoms with van der Waals surface area (Å²) in [6.45, 7) is 0.539. The van der Waals surface area contributed by atoms with Gasteiger partial charge in [0.2, 0.25) is 0 Å². The molecule has 0 radical (unpaired) electrons. The van der Waals surface area contributed by atoms with Crippen LogP contribution in [-0.2, 0) is 4.74 Å². The van der Waals surface area contributed by atoms with E-state index in [1.54, 1.807) is 13.4 Å². The van der Waals surface area contributed by atoms with Crippen LogP contribution >= 0.6 is 0 Å². The number of amides is 1. The number of benzene rings is 1. The van der Waals surface area contributed by atoms with E-state index in [2.05, 4.69) is 5.32 Å². The normalized spacial score (nSPS) is 15.7. The van der Waals surface area contributed by atoms with Gasteiger partial charge >= 0.3 is 0 Å². The first-order valence-corrected chi connectivity index (χ1v) is 7.22. The highest BCUT2D eigenvalue weighted by molar-refractivity contribution is 5.98. The summed E-state index contributed by atoms with van der Waals surface area (Å²) in [7, 11) is 1.66. The number of methoxy groups -OCH3 is 1. The van der Waals surface area contributed by atoms with Gasteiger partial charge in [-0.2, -0.15) is 0 Å². The number of carbonyl (C=O) groups is 1. The Morgan fingerprint density at radius 3 is 2.76 bits per heavy atom. The maximum Gasteiger partial charge on any atom is 0.287 e. The van der Waals surface area contributed by atoms with Crippen molar-refractivity contribution >= 4 is 5.91 Å². The molecule has 1 amide bonds. The van der Waals surface area contributed by atoms with Crippen LogP contribution in [-0.4, -0.2) is 25.7 Å². The Hall–Kier alpha value is -2.07. The van der Waals surface area contributed by atoms with E-state index >= 15 is 0 Å². The van der Waals surface area contributed by atoms with E-state index in [1.165, 1.54) is 0 Å². The summed E-state index contributed by atoms with van der Waals surface area (Å²) in [4.78, 5) is 12.5. The molecule has 1 atom stereocenters. The van der Waals surface area contributed by atoms with Crippen LogP contribution in [0.2, 0.25) is 0 Å². The molecule has 1 unspecified atom stereocenters. The van der Waals surface area contributed by atoms with Gasteiger partial charge in [0.1, 0.15) is 0 Å². The standard InChI is InChI=1S/C17H19NO3/c1-20-11-15(13-7-8-13)18-17(19)16-14(9-10-21-16)12-5-3-2-4-6-12/h2-6,9-10,13,15H,7-8,11H2,1H3,(H,18,19). The average Bonchev–Trinajstić information content (AvgIpc) is 3.24. The number of hydrogen-bond donors (Lipinski definition) is 1. The molecule has 1 aromatic heterocycles. The predicted octanol–water partition coefficient (Wildman–Crippen LogP) is 3.10. The zero-order valence-corrected chi connectivity index (χ0v) is 12.0. The van der Waals surface area contributed by atoms with E-state index in [-0.39, 0.29) is 11.9 Å². The summed E-state index contributed by atoms with van der Waals surface area (Å²) in [6.07, 6.45) is 3.86. The zero-order valence-electron chi connectivity index (χ0n) is 12.0. The van der Waals surface area contributed by atoms with Crippen LogP contribution in [0.25, 0.3) is 11.1 Å². The molecule has 21 heavy (non-hydrogen) atoms. The van der Waals surface area contributed by atoms with Gasteiger partial charge in [0.25, 0.3) is 5.91 Å². The summed E-state index contributed by atoms with van der Waals surface area (Å²) in [6, 6.07) is 11.7. The van der Waals surface area contributed by atoms with Gasteiger partial charge in [-0.1, -0.05) is 30.3 Å². The molecule has 2 aromatic rings. The minimum absolute atomic E-state index is 0.0659. The summed E-state index contributed by atoms with van der Waals surface area (Å²) in [5.74, 6) is 0.722. The minimum Gasteiger partial charge on any atom is -0.459 e. The minimum atomic E-state index is -0.173. The van der Waals surface area contributed by atoms with E-state index in [0.29, 0.717) is 18.3 Å². The Morgan fingerprint density at radius 2 is 2.10 bits per heavy atom. The Bertz CT molecular complexity index is 602. The largest absolute Gasteiger partial charge is 0.459 e. The van der Waals surface area contributed by atoms with Gasteiger partial charge in [-0.25, -0.2) is 0 Å². The van der Waals surface area contributed by atoms with Crippen LogP contribution in [0.4, 0.5) is 0 Å². The number of carbonyl (C=O) groups excluding carboxylic acids is 1. The van der Waals surface area contributed by atoms with Crippen LogP contribution in [0.3, 0.4) is 0 Å². The van der Waals surface area contributed by atoms with E-state index in [4.69, 9.17) is 9.15 Å². The molecule has 0 aliphatic heterocycles. The van der Waals surface area contributed by atoms with E-state index < -0.39 is 0 Å². The van der Waals surface area contributed by atoms with Crippen molar-refractivity contribution in [2.24, 2.45) is 5.92 Å². The molecule has 0 bridgehead atoms. The van der Waals surface area contributed by atoms with Gasteiger partial charge < -0.3 is 14.5 Å². The smallest absolute Gasteiger partial charge is 0.287 e. The summed E-state index contributed by atoms with van der Waals surface area (Å²) < 4.78 is 10.6. The highest BCUT2D eigenvalue weighted by Gasteiger charge is 2.33. The second-order valence-corrected chi connectivity index (χ2v) is 5.40. The average molecular weight is 285 g/mol. The number of rotatable bonds is 6. The van der Waals surface area contributed by atoms with Gasteiger partial charge in [0.05, 0.1) is 18.9 Å². The highest BCUT2D eigenvalue weighted by Crippen LogP contribution is 2.33. The Morgan fingerprint density at radius 1 is 1.33 bits per heavy atom. The molecule has 1 aliphatic rings. The molecule has 0 saturated heterocycles. The van der Waals surface area contributed by atoms with Crippen molar-refractivity contribution in [1.82, 2.24) is 5.32 Å². The molecule has 3 rings (SSSR count). The van der Waals surface area contributed by atoms with Crippen molar-refractivity contribution in [1.29, 1.82) is 0 Å². The van der Waals surface area contributed by atoms with Crippen molar-refractivity contribution in [3.63, 3.8) is 0 Å². The number of hydrogen-bond acceptors (Lipinski definition) is 3. The molecule has 1 fully saturated rings. The fourth-order valence-electron chi connectivity index (χ4n) is 2.54. The molecular formula is C17H19NO3. The van der Waals surface area contributed by atoms with E-state index in [9.17, 15) is 4.79 Å². The molecule has 110 valence electrons. The van der Waals surface area contributed by atoms with Crippen LogP contribution in [0, 0.1) is 5.92 Å². The van der Waals surface area contributed by atoms with Gasteiger partial charge in [0.15, 0.2) is 5.76 Å². The number of ether oxygens (including phenoxy) is 1. The maximum absolute atomic E-state index is 12.5. The lowest BCUT2D eigenvalue weighted by molar-refractivity contribution is 0.0857. The van der Waals surface area contributed by atoms with Gasteiger partial charge in [-0.15, -0.1) is 0 Å². The molecular weight excluding hydrogens is 266 g/mol. The molecule has 4 nitrogen and oxygen atoms in total. The first kappa shape index (κ1) is 13.9. The lowest BCUT2D eigenvalue weighted by Crippen LogP contribution is -2.39. The molecule has 0 spiro atoms. The first-order chi connectivity index (χ1) is 10.3. The lowest BCUT2D eigenvalue weighted by atomic mass is 10.1. The van der Waals surface area contributed by atoms with E-state index in [0.717, 1.165) is 24.0 Å². The van der Waals surface area contributed by atoms with Crippen LogP contribution < -0.4 is 5.32 Å². The second kappa shape index (κ2) is 6.14. The van der Waals surface area contributed by atoms with Gasteiger partial charge in [-0.05, 0) is 30.4 Å². The third-order valence-electron chi connectivity index (χ3n) is 3.81. The van der Waals surface area contributed by atoms with Gasteiger partial charge in [-0.3, -0.25) is 4.79 Å². The number of furan rings is 1. The monoisotopic (exact) mass is 285 g/mol.